The third kappa shape index (κ3) is 2.78. The molecule has 0 radical (unpaired) electrons. The van der Waals surface area contributed by atoms with Crippen LogP contribution in [0.2, 0.25) is 0 Å². The molecule has 1 amide bonds. The SMILES string of the molecule is O=C(Nc1ccc2oc3ccccc3c2c1)C1=CC=CN2CCS(=O)(=O)N=C12. The average molecular weight is 393 g/mol. The van der Waals surface area contributed by atoms with Crippen molar-refractivity contribution in [3.63, 3.8) is 0 Å². The van der Waals surface area contributed by atoms with Crippen LogP contribution in [0.3, 0.4) is 0 Å². The molecule has 2 aliphatic rings. The number of para-hydroxylation sites is 1. The maximum Gasteiger partial charge on any atom is 0.259 e. The summed E-state index contributed by atoms with van der Waals surface area (Å²) in [7, 11) is -3.56. The van der Waals surface area contributed by atoms with Crippen LogP contribution in [-0.2, 0) is 14.8 Å². The number of carbonyl (C=O) groups is 1. The Bertz CT molecular complexity index is 1330. The summed E-state index contributed by atoms with van der Waals surface area (Å²) < 4.78 is 33.3. The van der Waals surface area contributed by atoms with Crippen molar-refractivity contribution in [2.24, 2.45) is 4.40 Å². The van der Waals surface area contributed by atoms with Gasteiger partial charge in [0, 0.05) is 29.2 Å². The third-order valence-electron chi connectivity index (χ3n) is 4.74. The molecule has 5 rings (SSSR count). The molecular formula is C20H15N3O4S. The number of nitrogens with zero attached hydrogens (tertiary/aromatic N) is 2. The van der Waals surface area contributed by atoms with Crippen molar-refractivity contribution in [3.05, 3.63) is 66.4 Å². The smallest absolute Gasteiger partial charge is 0.259 e. The number of nitrogens with one attached hydrogen (secondary N) is 1. The first-order valence-electron chi connectivity index (χ1n) is 8.71. The van der Waals surface area contributed by atoms with Crippen molar-refractivity contribution in [2.45, 2.75) is 0 Å². The van der Waals surface area contributed by atoms with Gasteiger partial charge in [0.15, 0.2) is 5.84 Å². The molecule has 0 unspecified atom stereocenters. The number of sulfonamides is 1. The number of allylic oxidation sites excluding steroid dienone is 2. The number of amides is 1. The molecule has 1 N–H and O–H groups in total. The summed E-state index contributed by atoms with van der Waals surface area (Å²) in [6.07, 6.45) is 4.99. The van der Waals surface area contributed by atoms with E-state index >= 15 is 0 Å². The maximum atomic E-state index is 12.8. The lowest BCUT2D eigenvalue weighted by Gasteiger charge is -2.28. The summed E-state index contributed by atoms with van der Waals surface area (Å²) in [5.74, 6) is -0.335. The van der Waals surface area contributed by atoms with Crippen molar-refractivity contribution < 1.29 is 17.6 Å². The van der Waals surface area contributed by atoms with E-state index in [0.717, 1.165) is 21.9 Å². The highest BCUT2D eigenvalue weighted by atomic mass is 32.2. The Balaban J connectivity index is 1.50. The fourth-order valence-electron chi connectivity index (χ4n) is 3.40. The molecule has 2 aliphatic heterocycles. The Morgan fingerprint density at radius 2 is 1.93 bits per heavy atom. The van der Waals surface area contributed by atoms with E-state index < -0.39 is 15.9 Å². The molecule has 0 saturated carbocycles. The number of anilines is 1. The zero-order valence-corrected chi connectivity index (χ0v) is 15.4. The quantitative estimate of drug-likeness (QED) is 0.723. The van der Waals surface area contributed by atoms with Gasteiger partial charge in [0.1, 0.15) is 11.2 Å². The van der Waals surface area contributed by atoms with Gasteiger partial charge in [-0.2, -0.15) is 0 Å². The molecule has 8 heteroatoms. The van der Waals surface area contributed by atoms with Crippen molar-refractivity contribution >= 4 is 49.4 Å². The van der Waals surface area contributed by atoms with Crippen LogP contribution >= 0.6 is 0 Å². The minimum absolute atomic E-state index is 0.0695. The lowest BCUT2D eigenvalue weighted by Crippen LogP contribution is -2.40. The second-order valence-electron chi connectivity index (χ2n) is 6.58. The van der Waals surface area contributed by atoms with Crippen LogP contribution in [-0.4, -0.2) is 37.4 Å². The van der Waals surface area contributed by atoms with E-state index in [1.54, 1.807) is 35.4 Å². The van der Waals surface area contributed by atoms with Gasteiger partial charge in [-0.15, -0.1) is 4.40 Å². The van der Waals surface area contributed by atoms with E-state index in [4.69, 9.17) is 4.42 Å². The van der Waals surface area contributed by atoms with Crippen LogP contribution in [0.15, 0.2) is 75.2 Å². The van der Waals surface area contributed by atoms with Gasteiger partial charge in [-0.3, -0.25) is 4.79 Å². The zero-order valence-electron chi connectivity index (χ0n) is 14.6. The van der Waals surface area contributed by atoms with Crippen LogP contribution in [0.5, 0.6) is 0 Å². The summed E-state index contributed by atoms with van der Waals surface area (Å²) in [4.78, 5) is 14.5. The van der Waals surface area contributed by atoms with Crippen LogP contribution in [0.1, 0.15) is 0 Å². The van der Waals surface area contributed by atoms with Crippen molar-refractivity contribution in [1.82, 2.24) is 4.90 Å². The fraction of sp³-hybridized carbons (Fsp3) is 0.100. The third-order valence-corrected chi connectivity index (χ3v) is 5.89. The van der Waals surface area contributed by atoms with E-state index in [2.05, 4.69) is 9.71 Å². The summed E-state index contributed by atoms with van der Waals surface area (Å²) in [6, 6.07) is 13.1. The minimum atomic E-state index is -3.56. The largest absolute Gasteiger partial charge is 0.456 e. The monoisotopic (exact) mass is 393 g/mol. The Kier molecular flexibility index (Phi) is 3.63. The molecule has 7 nitrogen and oxygen atoms in total. The van der Waals surface area contributed by atoms with Gasteiger partial charge >= 0.3 is 0 Å². The molecule has 28 heavy (non-hydrogen) atoms. The average Bonchev–Trinajstić information content (AvgIpc) is 3.05. The number of hydrogen-bond donors (Lipinski definition) is 1. The van der Waals surface area contributed by atoms with E-state index in [0.29, 0.717) is 5.69 Å². The number of fused-ring (bicyclic) bond motifs is 4. The predicted octanol–water partition coefficient (Wildman–Crippen LogP) is 3.02. The fourth-order valence-corrected chi connectivity index (χ4v) is 4.38. The van der Waals surface area contributed by atoms with Gasteiger partial charge in [0.05, 0.1) is 11.3 Å². The predicted molar refractivity (Wildman–Crippen MR) is 108 cm³/mol. The molecule has 3 heterocycles. The first-order chi connectivity index (χ1) is 13.5. The first-order valence-corrected chi connectivity index (χ1v) is 10.3. The molecule has 0 saturated heterocycles. The number of carbonyl (C=O) groups excluding carboxylic acids is 1. The standard InChI is InChI=1S/C20H15N3O4S/c24-20(15-5-3-9-23-10-11-28(25,26)22-19(15)23)21-13-7-8-18-16(12-13)14-4-1-2-6-17(14)27-18/h1-9,12H,10-11H2,(H,21,24). The van der Waals surface area contributed by atoms with E-state index in [9.17, 15) is 13.2 Å². The summed E-state index contributed by atoms with van der Waals surface area (Å²) >= 11 is 0. The summed E-state index contributed by atoms with van der Waals surface area (Å²) in [5.41, 5.74) is 2.31. The van der Waals surface area contributed by atoms with Crippen LogP contribution in [0.25, 0.3) is 21.9 Å². The molecule has 0 fully saturated rings. The highest BCUT2D eigenvalue weighted by Gasteiger charge is 2.30. The van der Waals surface area contributed by atoms with Gasteiger partial charge in [0.25, 0.3) is 15.9 Å². The zero-order chi connectivity index (χ0) is 19.3. The van der Waals surface area contributed by atoms with Crippen molar-refractivity contribution in [2.75, 3.05) is 17.6 Å². The van der Waals surface area contributed by atoms with E-state index in [1.807, 2.05) is 30.3 Å². The number of hydrogen-bond acceptors (Lipinski definition) is 5. The number of amidine groups is 1. The highest BCUT2D eigenvalue weighted by molar-refractivity contribution is 7.90. The van der Waals surface area contributed by atoms with Gasteiger partial charge < -0.3 is 14.6 Å². The summed E-state index contributed by atoms with van der Waals surface area (Å²) in [6.45, 7) is 0.273. The molecular weight excluding hydrogens is 378 g/mol. The van der Waals surface area contributed by atoms with Crippen LogP contribution in [0.4, 0.5) is 5.69 Å². The molecule has 3 aromatic rings. The van der Waals surface area contributed by atoms with Crippen molar-refractivity contribution in [1.29, 1.82) is 0 Å². The van der Waals surface area contributed by atoms with Gasteiger partial charge in [-0.05, 0) is 36.4 Å². The van der Waals surface area contributed by atoms with Gasteiger partial charge in [0.2, 0.25) is 0 Å². The van der Waals surface area contributed by atoms with Gasteiger partial charge in [-0.25, -0.2) is 8.42 Å². The summed E-state index contributed by atoms with van der Waals surface area (Å²) in [5, 5.41) is 4.69. The molecule has 0 bridgehead atoms. The molecule has 2 aromatic carbocycles. The van der Waals surface area contributed by atoms with E-state index in [1.165, 1.54) is 0 Å². The molecule has 0 atom stereocenters. The molecule has 0 spiro atoms. The van der Waals surface area contributed by atoms with Crippen LogP contribution < -0.4 is 5.32 Å². The van der Waals surface area contributed by atoms with Crippen LogP contribution in [0, 0.1) is 0 Å². The number of furan rings is 1. The van der Waals surface area contributed by atoms with E-state index in [-0.39, 0.29) is 23.7 Å². The highest BCUT2D eigenvalue weighted by Crippen LogP contribution is 2.30. The molecule has 0 aliphatic carbocycles. The maximum absolute atomic E-state index is 12.8. The second-order valence-corrected chi connectivity index (χ2v) is 8.33. The Labute approximate surface area is 160 Å². The second kappa shape index (κ2) is 6.07. The lowest BCUT2D eigenvalue weighted by atomic mass is 10.1. The first kappa shape index (κ1) is 16.8. The lowest BCUT2D eigenvalue weighted by molar-refractivity contribution is -0.112. The Morgan fingerprint density at radius 1 is 1.11 bits per heavy atom. The molecule has 140 valence electrons. The molecule has 1 aromatic heterocycles. The topological polar surface area (TPSA) is 92.0 Å². The van der Waals surface area contributed by atoms with Gasteiger partial charge in [-0.1, -0.05) is 18.2 Å². The number of rotatable bonds is 2. The number of benzene rings is 2. The normalized spacial score (nSPS) is 17.9. The minimum Gasteiger partial charge on any atom is -0.456 e. The Hall–Kier alpha value is -3.39. The van der Waals surface area contributed by atoms with Crippen molar-refractivity contribution in [3.8, 4) is 0 Å². The Morgan fingerprint density at radius 3 is 2.82 bits per heavy atom.